The summed E-state index contributed by atoms with van der Waals surface area (Å²) in [7, 11) is -3.18. The van der Waals surface area contributed by atoms with Gasteiger partial charge >= 0.3 is 0 Å². The molecule has 0 aliphatic heterocycles. The second-order valence-electron chi connectivity index (χ2n) is 6.83. The van der Waals surface area contributed by atoms with Gasteiger partial charge in [-0.15, -0.1) is 0 Å². The molecule has 0 radical (unpaired) electrons. The Kier molecular flexibility index (Phi) is 5.06. The standard InChI is InChI=1S/C18H25N3O2S/c1-13(2)24(22,23)21-16-10-8-15(9-11-16)18-12-17(19-20-18)14-6-4-3-5-7-14/h3-7,12-13,15-16,21H,8-11H2,1-2H3,(H,19,20). The van der Waals surface area contributed by atoms with Gasteiger partial charge in [0.25, 0.3) is 0 Å². The van der Waals surface area contributed by atoms with Gasteiger partial charge in [0.1, 0.15) is 0 Å². The molecule has 6 heteroatoms. The van der Waals surface area contributed by atoms with Crippen LogP contribution in [0.2, 0.25) is 0 Å². The summed E-state index contributed by atoms with van der Waals surface area (Å²) in [5.74, 6) is 0.426. The van der Waals surface area contributed by atoms with E-state index in [-0.39, 0.29) is 11.3 Å². The summed E-state index contributed by atoms with van der Waals surface area (Å²) in [6.07, 6.45) is 3.69. The van der Waals surface area contributed by atoms with Crippen LogP contribution >= 0.6 is 0 Å². The maximum atomic E-state index is 12.0. The van der Waals surface area contributed by atoms with Crippen LogP contribution in [0, 0.1) is 0 Å². The second-order valence-corrected chi connectivity index (χ2v) is 9.10. The van der Waals surface area contributed by atoms with Crippen LogP contribution in [-0.2, 0) is 10.0 Å². The molecule has 5 nitrogen and oxygen atoms in total. The molecule has 0 bridgehead atoms. The number of hydrogen-bond acceptors (Lipinski definition) is 3. The van der Waals surface area contributed by atoms with Gasteiger partial charge in [0.05, 0.1) is 10.9 Å². The Morgan fingerprint density at radius 3 is 2.42 bits per heavy atom. The smallest absolute Gasteiger partial charge is 0.214 e. The first-order chi connectivity index (χ1) is 11.5. The lowest BCUT2D eigenvalue weighted by molar-refractivity contribution is 0.369. The van der Waals surface area contributed by atoms with E-state index in [2.05, 4.69) is 33.1 Å². The molecule has 130 valence electrons. The molecule has 1 saturated carbocycles. The van der Waals surface area contributed by atoms with Crippen LogP contribution in [0.5, 0.6) is 0 Å². The number of nitrogens with zero attached hydrogens (tertiary/aromatic N) is 1. The molecule has 3 rings (SSSR count). The molecule has 2 aromatic rings. The summed E-state index contributed by atoms with van der Waals surface area (Å²) in [6, 6.07) is 12.3. The first kappa shape index (κ1) is 17.2. The number of nitrogens with one attached hydrogen (secondary N) is 2. The third-order valence-electron chi connectivity index (χ3n) is 4.79. The molecule has 0 unspecified atom stereocenters. The molecule has 1 fully saturated rings. The van der Waals surface area contributed by atoms with Crippen molar-refractivity contribution in [3.63, 3.8) is 0 Å². The maximum absolute atomic E-state index is 12.0. The fraction of sp³-hybridized carbons (Fsp3) is 0.500. The Balaban J connectivity index is 1.61. The van der Waals surface area contributed by atoms with E-state index in [4.69, 9.17) is 0 Å². The van der Waals surface area contributed by atoms with Gasteiger partial charge in [-0.25, -0.2) is 13.1 Å². The summed E-state index contributed by atoms with van der Waals surface area (Å²) >= 11 is 0. The predicted octanol–water partition coefficient (Wildman–Crippen LogP) is 3.43. The summed E-state index contributed by atoms with van der Waals surface area (Å²) < 4.78 is 26.8. The van der Waals surface area contributed by atoms with Gasteiger partial charge < -0.3 is 0 Å². The Morgan fingerprint density at radius 2 is 1.79 bits per heavy atom. The molecular weight excluding hydrogens is 322 g/mol. The first-order valence-electron chi connectivity index (χ1n) is 8.57. The number of sulfonamides is 1. The highest BCUT2D eigenvalue weighted by atomic mass is 32.2. The summed E-state index contributed by atoms with van der Waals surface area (Å²) in [5, 5.41) is 7.21. The number of hydrogen-bond donors (Lipinski definition) is 2. The molecule has 0 saturated heterocycles. The molecule has 1 aromatic heterocycles. The first-order valence-corrected chi connectivity index (χ1v) is 10.1. The molecule has 1 aromatic carbocycles. The maximum Gasteiger partial charge on any atom is 0.214 e. The average Bonchev–Trinajstić information content (AvgIpc) is 3.06. The zero-order chi connectivity index (χ0) is 17.2. The van der Waals surface area contributed by atoms with Crippen molar-refractivity contribution in [2.45, 2.75) is 56.7 Å². The molecule has 1 heterocycles. The van der Waals surface area contributed by atoms with Crippen molar-refractivity contribution >= 4 is 10.0 Å². The predicted molar refractivity (Wildman–Crippen MR) is 96.2 cm³/mol. The van der Waals surface area contributed by atoms with Crippen molar-refractivity contribution in [3.05, 3.63) is 42.1 Å². The molecule has 0 spiro atoms. The normalized spacial score (nSPS) is 22.0. The van der Waals surface area contributed by atoms with E-state index in [0.717, 1.165) is 42.6 Å². The van der Waals surface area contributed by atoms with E-state index < -0.39 is 10.0 Å². The van der Waals surface area contributed by atoms with Gasteiger partial charge in [-0.2, -0.15) is 5.10 Å². The Labute approximate surface area is 143 Å². The molecular formula is C18H25N3O2S. The number of aromatic nitrogens is 2. The van der Waals surface area contributed by atoms with Crippen LogP contribution in [0.3, 0.4) is 0 Å². The SMILES string of the molecule is CC(C)S(=O)(=O)NC1CCC(c2cc(-c3ccccc3)n[nH]2)CC1. The minimum atomic E-state index is -3.18. The minimum Gasteiger partial charge on any atom is -0.282 e. The van der Waals surface area contributed by atoms with Crippen molar-refractivity contribution in [1.82, 2.24) is 14.9 Å². The lowest BCUT2D eigenvalue weighted by atomic mass is 9.84. The van der Waals surface area contributed by atoms with Gasteiger partial charge in [0.15, 0.2) is 0 Å². The third-order valence-corrected chi connectivity index (χ3v) is 6.69. The molecule has 2 N–H and O–H groups in total. The van der Waals surface area contributed by atoms with Gasteiger partial charge in [-0.05, 0) is 45.6 Å². The van der Waals surface area contributed by atoms with Crippen LogP contribution < -0.4 is 4.72 Å². The zero-order valence-corrected chi connectivity index (χ0v) is 15.0. The Bertz CT molecular complexity index is 761. The Morgan fingerprint density at radius 1 is 1.12 bits per heavy atom. The van der Waals surface area contributed by atoms with Gasteiger partial charge in [0.2, 0.25) is 10.0 Å². The number of benzene rings is 1. The topological polar surface area (TPSA) is 74.8 Å². The quantitative estimate of drug-likeness (QED) is 0.870. The number of aromatic amines is 1. The fourth-order valence-electron chi connectivity index (χ4n) is 3.19. The van der Waals surface area contributed by atoms with Gasteiger partial charge in [-0.3, -0.25) is 5.10 Å². The lowest BCUT2D eigenvalue weighted by Crippen LogP contribution is -2.40. The summed E-state index contributed by atoms with van der Waals surface area (Å²) in [5.41, 5.74) is 3.23. The van der Waals surface area contributed by atoms with E-state index in [9.17, 15) is 8.42 Å². The van der Waals surface area contributed by atoms with Crippen LogP contribution in [-0.4, -0.2) is 29.9 Å². The Hall–Kier alpha value is -1.66. The lowest BCUT2D eigenvalue weighted by Gasteiger charge is -2.28. The largest absolute Gasteiger partial charge is 0.282 e. The average molecular weight is 347 g/mol. The van der Waals surface area contributed by atoms with Gasteiger partial charge in [-0.1, -0.05) is 30.3 Å². The summed E-state index contributed by atoms with van der Waals surface area (Å²) in [4.78, 5) is 0. The molecule has 1 aliphatic rings. The van der Waals surface area contributed by atoms with E-state index in [0.29, 0.717) is 5.92 Å². The third kappa shape index (κ3) is 3.87. The van der Waals surface area contributed by atoms with Crippen molar-refractivity contribution in [2.75, 3.05) is 0 Å². The highest BCUT2D eigenvalue weighted by Crippen LogP contribution is 2.33. The van der Waals surface area contributed by atoms with E-state index in [1.807, 2.05) is 18.2 Å². The van der Waals surface area contributed by atoms with E-state index in [1.165, 1.54) is 0 Å². The van der Waals surface area contributed by atoms with Crippen LogP contribution in [0.15, 0.2) is 36.4 Å². The number of H-pyrrole nitrogens is 1. The minimum absolute atomic E-state index is 0.0603. The zero-order valence-electron chi connectivity index (χ0n) is 14.2. The second kappa shape index (κ2) is 7.07. The monoisotopic (exact) mass is 347 g/mol. The van der Waals surface area contributed by atoms with Crippen molar-refractivity contribution in [1.29, 1.82) is 0 Å². The van der Waals surface area contributed by atoms with Crippen LogP contribution in [0.4, 0.5) is 0 Å². The highest BCUT2D eigenvalue weighted by Gasteiger charge is 2.27. The van der Waals surface area contributed by atoms with Crippen molar-refractivity contribution in [2.24, 2.45) is 0 Å². The molecule has 0 atom stereocenters. The van der Waals surface area contributed by atoms with E-state index >= 15 is 0 Å². The number of rotatable bonds is 5. The van der Waals surface area contributed by atoms with E-state index in [1.54, 1.807) is 13.8 Å². The van der Waals surface area contributed by atoms with Crippen LogP contribution in [0.25, 0.3) is 11.3 Å². The molecule has 0 amide bonds. The van der Waals surface area contributed by atoms with Crippen molar-refractivity contribution < 1.29 is 8.42 Å². The van der Waals surface area contributed by atoms with Crippen LogP contribution in [0.1, 0.15) is 51.1 Å². The molecule has 1 aliphatic carbocycles. The van der Waals surface area contributed by atoms with Gasteiger partial charge in [0, 0.05) is 23.2 Å². The molecule has 24 heavy (non-hydrogen) atoms. The summed E-state index contributed by atoms with van der Waals surface area (Å²) in [6.45, 7) is 3.42. The fourth-order valence-corrected chi connectivity index (χ4v) is 4.17. The highest BCUT2D eigenvalue weighted by molar-refractivity contribution is 7.90. The van der Waals surface area contributed by atoms with Crippen molar-refractivity contribution in [3.8, 4) is 11.3 Å².